The third-order valence-electron chi connectivity index (χ3n) is 5.07. The molecule has 0 unspecified atom stereocenters. The number of hydrogen-bond acceptors (Lipinski definition) is 4. The Bertz CT molecular complexity index is 1150. The van der Waals surface area contributed by atoms with E-state index in [1.54, 1.807) is 0 Å². The number of anilines is 1. The number of carbonyl (C=O) groups is 2. The molecule has 7 nitrogen and oxygen atoms in total. The predicted octanol–water partition coefficient (Wildman–Crippen LogP) is 3.08. The lowest BCUT2D eigenvalue weighted by molar-refractivity contribution is -0.137. The molecule has 2 aromatic carbocycles. The monoisotopic (exact) mass is 487 g/mol. The van der Waals surface area contributed by atoms with E-state index < -0.39 is 56.9 Å². The molecule has 0 saturated carbocycles. The molecule has 2 aromatic rings. The molecule has 1 saturated heterocycles. The van der Waals surface area contributed by atoms with Crippen LogP contribution in [0.1, 0.15) is 19.4 Å². The van der Waals surface area contributed by atoms with Crippen molar-refractivity contribution in [2.75, 3.05) is 24.7 Å². The van der Waals surface area contributed by atoms with Crippen LogP contribution in [0.4, 0.5) is 23.2 Å². The molecule has 0 aromatic heterocycles. The summed E-state index contributed by atoms with van der Waals surface area (Å²) in [5.74, 6) is -1.63. The molecule has 0 bridgehead atoms. The molecule has 12 heteroatoms. The number of halogens is 4. The quantitative estimate of drug-likeness (QED) is 0.587. The lowest BCUT2D eigenvalue weighted by Crippen LogP contribution is -2.45. The van der Waals surface area contributed by atoms with Gasteiger partial charge in [-0.05, 0) is 56.3 Å². The summed E-state index contributed by atoms with van der Waals surface area (Å²) in [5.41, 5.74) is -0.757. The zero-order valence-corrected chi connectivity index (χ0v) is 18.5. The van der Waals surface area contributed by atoms with E-state index in [1.807, 2.05) is 0 Å². The number of sulfonamides is 1. The second-order valence-corrected chi connectivity index (χ2v) is 9.59. The Balaban J connectivity index is 1.80. The number of hydrogen-bond donors (Lipinski definition) is 0. The van der Waals surface area contributed by atoms with Crippen LogP contribution in [0, 0.1) is 5.82 Å². The van der Waals surface area contributed by atoms with Gasteiger partial charge in [-0.2, -0.15) is 17.5 Å². The number of benzene rings is 2. The first kappa shape index (κ1) is 24.6. The van der Waals surface area contributed by atoms with Crippen LogP contribution in [0.25, 0.3) is 0 Å². The number of amides is 2. The normalized spacial score (nSPS) is 15.1. The zero-order valence-electron chi connectivity index (χ0n) is 17.7. The van der Waals surface area contributed by atoms with Gasteiger partial charge in [0.1, 0.15) is 19.0 Å². The maximum absolute atomic E-state index is 13.1. The lowest BCUT2D eigenvalue weighted by atomic mass is 10.2. The molecule has 33 heavy (non-hydrogen) atoms. The molecule has 0 spiro atoms. The fourth-order valence-corrected chi connectivity index (χ4v) is 4.94. The predicted molar refractivity (Wildman–Crippen MR) is 111 cm³/mol. The van der Waals surface area contributed by atoms with Crippen molar-refractivity contribution in [3.05, 3.63) is 59.9 Å². The van der Waals surface area contributed by atoms with E-state index in [-0.39, 0.29) is 13.2 Å². The topological polar surface area (TPSA) is 78.0 Å². The highest BCUT2D eigenvalue weighted by atomic mass is 32.2. The van der Waals surface area contributed by atoms with Crippen molar-refractivity contribution >= 4 is 27.5 Å². The van der Waals surface area contributed by atoms with Gasteiger partial charge in [-0.15, -0.1) is 0 Å². The molecular formula is C21H21F4N3O4S. The average molecular weight is 487 g/mol. The molecule has 3 rings (SSSR count). The number of alkyl halides is 3. The fourth-order valence-electron chi connectivity index (χ4n) is 3.31. The molecule has 1 aliphatic heterocycles. The van der Waals surface area contributed by atoms with Crippen molar-refractivity contribution < 1.29 is 35.6 Å². The van der Waals surface area contributed by atoms with Crippen LogP contribution in [0.5, 0.6) is 0 Å². The summed E-state index contributed by atoms with van der Waals surface area (Å²) in [7, 11) is -4.45. The Kier molecular flexibility index (Phi) is 6.80. The molecule has 0 aliphatic carbocycles. The SMILES string of the molecule is CC(C)N(CC(=O)N1CC(=O)N(c2ccc(F)cc2)C1)S(=O)(=O)c1cccc(C(F)(F)F)c1. The zero-order chi connectivity index (χ0) is 24.6. The van der Waals surface area contributed by atoms with E-state index >= 15 is 0 Å². The highest BCUT2D eigenvalue weighted by Gasteiger charge is 2.37. The van der Waals surface area contributed by atoms with E-state index in [0.717, 1.165) is 39.5 Å². The number of rotatable bonds is 6. The van der Waals surface area contributed by atoms with Crippen LogP contribution in [-0.2, 0) is 25.8 Å². The van der Waals surface area contributed by atoms with Gasteiger partial charge in [0.2, 0.25) is 21.8 Å². The third-order valence-corrected chi connectivity index (χ3v) is 7.08. The van der Waals surface area contributed by atoms with E-state index in [0.29, 0.717) is 11.8 Å². The van der Waals surface area contributed by atoms with E-state index in [1.165, 1.54) is 30.9 Å². The van der Waals surface area contributed by atoms with E-state index in [9.17, 15) is 35.6 Å². The van der Waals surface area contributed by atoms with Crippen molar-refractivity contribution in [1.82, 2.24) is 9.21 Å². The summed E-state index contributed by atoms with van der Waals surface area (Å²) >= 11 is 0. The highest BCUT2D eigenvalue weighted by molar-refractivity contribution is 7.89. The Hall–Kier alpha value is -2.99. The van der Waals surface area contributed by atoms with E-state index in [4.69, 9.17) is 0 Å². The molecule has 0 radical (unpaired) electrons. The Labute approximate surface area is 188 Å². The molecule has 2 amide bonds. The van der Waals surface area contributed by atoms with Crippen molar-refractivity contribution in [2.45, 2.75) is 31.0 Å². The molecule has 0 atom stereocenters. The molecule has 1 heterocycles. The summed E-state index contributed by atoms with van der Waals surface area (Å²) < 4.78 is 79.2. The van der Waals surface area contributed by atoms with Gasteiger partial charge in [0.05, 0.1) is 17.0 Å². The summed E-state index contributed by atoms with van der Waals surface area (Å²) in [5, 5.41) is 0. The van der Waals surface area contributed by atoms with E-state index in [2.05, 4.69) is 0 Å². The summed E-state index contributed by atoms with van der Waals surface area (Å²) in [6, 6.07) is 7.61. The van der Waals surface area contributed by atoms with Crippen molar-refractivity contribution in [1.29, 1.82) is 0 Å². The van der Waals surface area contributed by atoms with Gasteiger partial charge in [0.15, 0.2) is 0 Å². The maximum atomic E-state index is 13.1. The smallest absolute Gasteiger partial charge is 0.314 e. The molecular weight excluding hydrogens is 466 g/mol. The summed E-state index contributed by atoms with van der Waals surface area (Å²) in [4.78, 5) is 27.0. The molecule has 0 N–H and O–H groups in total. The first-order chi connectivity index (χ1) is 15.3. The van der Waals surface area contributed by atoms with Gasteiger partial charge in [-0.25, -0.2) is 12.8 Å². The summed E-state index contributed by atoms with van der Waals surface area (Å²) in [6.07, 6.45) is -4.73. The van der Waals surface area contributed by atoms with Gasteiger partial charge >= 0.3 is 6.18 Å². The van der Waals surface area contributed by atoms with Gasteiger partial charge in [0.25, 0.3) is 0 Å². The van der Waals surface area contributed by atoms with Crippen LogP contribution in [0.3, 0.4) is 0 Å². The lowest BCUT2D eigenvalue weighted by Gasteiger charge is -2.27. The minimum atomic E-state index is -4.73. The molecule has 1 aliphatic rings. The van der Waals surface area contributed by atoms with Gasteiger partial charge < -0.3 is 4.90 Å². The van der Waals surface area contributed by atoms with Crippen LogP contribution < -0.4 is 4.90 Å². The van der Waals surface area contributed by atoms with Gasteiger partial charge in [-0.3, -0.25) is 14.5 Å². The van der Waals surface area contributed by atoms with Crippen molar-refractivity contribution in [3.8, 4) is 0 Å². The molecule has 178 valence electrons. The van der Waals surface area contributed by atoms with Crippen molar-refractivity contribution in [2.24, 2.45) is 0 Å². The van der Waals surface area contributed by atoms with Crippen molar-refractivity contribution in [3.63, 3.8) is 0 Å². The Morgan fingerprint density at radius 3 is 2.33 bits per heavy atom. The minimum Gasteiger partial charge on any atom is -0.314 e. The largest absolute Gasteiger partial charge is 0.416 e. The average Bonchev–Trinajstić information content (AvgIpc) is 3.13. The van der Waals surface area contributed by atoms with Crippen LogP contribution in [0.2, 0.25) is 0 Å². The maximum Gasteiger partial charge on any atom is 0.416 e. The standard InChI is InChI=1S/C21H21F4N3O4S/c1-14(2)28(33(31,32)18-5-3-4-15(10-18)21(23,24)25)12-19(29)26-11-20(30)27(13-26)17-8-6-16(22)7-9-17/h3-10,14H,11-13H2,1-2H3. The molecule has 1 fully saturated rings. The number of carbonyl (C=O) groups excluding carboxylic acids is 2. The second kappa shape index (κ2) is 9.10. The summed E-state index contributed by atoms with van der Waals surface area (Å²) in [6.45, 7) is 1.82. The van der Waals surface area contributed by atoms with Gasteiger partial charge in [0, 0.05) is 11.7 Å². The Morgan fingerprint density at radius 2 is 1.76 bits per heavy atom. The van der Waals surface area contributed by atoms with Crippen LogP contribution in [-0.4, -0.2) is 55.2 Å². The Morgan fingerprint density at radius 1 is 1.12 bits per heavy atom. The number of nitrogens with zero attached hydrogens (tertiary/aromatic N) is 3. The first-order valence-electron chi connectivity index (χ1n) is 9.83. The first-order valence-corrected chi connectivity index (χ1v) is 11.3. The fraction of sp³-hybridized carbons (Fsp3) is 0.333. The highest BCUT2D eigenvalue weighted by Crippen LogP contribution is 2.31. The van der Waals surface area contributed by atoms with Gasteiger partial charge in [-0.1, -0.05) is 6.07 Å². The third kappa shape index (κ3) is 5.33. The van der Waals surface area contributed by atoms with Crippen LogP contribution >= 0.6 is 0 Å². The van der Waals surface area contributed by atoms with Crippen LogP contribution in [0.15, 0.2) is 53.4 Å². The second-order valence-electron chi connectivity index (χ2n) is 7.70. The minimum absolute atomic E-state index is 0.168.